The number of hydrogen-bond acceptors (Lipinski definition) is 5. The lowest BCUT2D eigenvalue weighted by atomic mass is 10.1. The molecular weight excluding hydrogens is 428 g/mol. The Hall–Kier alpha value is -2.75. The highest BCUT2D eigenvalue weighted by atomic mass is 32.2. The Kier molecular flexibility index (Phi) is 7.33. The smallest absolute Gasteiger partial charge is 0.307 e. The maximum absolute atomic E-state index is 13.0. The number of sulfonamides is 1. The van der Waals surface area contributed by atoms with Gasteiger partial charge in [-0.2, -0.15) is 4.31 Å². The zero-order valence-corrected chi connectivity index (χ0v) is 19.8. The van der Waals surface area contributed by atoms with E-state index in [-0.39, 0.29) is 19.6 Å². The summed E-state index contributed by atoms with van der Waals surface area (Å²) < 4.78 is 27.5. The molecule has 0 spiro atoms. The molecule has 1 aliphatic rings. The molecule has 0 radical (unpaired) electrons. The minimum Gasteiger partial charge on any atom is -0.307 e. The topological polar surface area (TPSA) is 98.8 Å². The lowest BCUT2D eigenvalue weighted by Gasteiger charge is -2.33. The molecule has 0 saturated carbocycles. The zero-order valence-electron chi connectivity index (χ0n) is 18.9. The third-order valence-corrected chi connectivity index (χ3v) is 7.58. The molecule has 2 aromatic rings. The number of rotatable bonds is 5. The fraction of sp³-hybridized carbons (Fsp3) is 0.391. The molecule has 2 N–H and O–H groups in total. The molecule has 8 nitrogen and oxygen atoms in total. The third-order valence-electron chi connectivity index (χ3n) is 5.54. The van der Waals surface area contributed by atoms with E-state index in [0.29, 0.717) is 29.2 Å². The monoisotopic (exact) mass is 458 g/mol. The summed E-state index contributed by atoms with van der Waals surface area (Å²) in [5, 5.41) is 5.02. The Morgan fingerprint density at radius 1 is 0.875 bits per heavy atom. The van der Waals surface area contributed by atoms with E-state index in [9.17, 15) is 18.0 Å². The predicted octanol–water partition coefficient (Wildman–Crippen LogP) is 2.57. The summed E-state index contributed by atoms with van der Waals surface area (Å²) in [4.78, 5) is 26.6. The van der Waals surface area contributed by atoms with Gasteiger partial charge < -0.3 is 5.32 Å². The van der Waals surface area contributed by atoms with Crippen LogP contribution in [0, 0.1) is 27.7 Å². The van der Waals surface area contributed by atoms with Crippen molar-refractivity contribution in [3.8, 4) is 0 Å². The maximum atomic E-state index is 13.0. The molecule has 1 fully saturated rings. The van der Waals surface area contributed by atoms with Crippen molar-refractivity contribution in [1.29, 1.82) is 0 Å². The molecule has 1 aliphatic heterocycles. The number of carbonyl (C=O) groups excluding carboxylic acids is 2. The van der Waals surface area contributed by atoms with Crippen molar-refractivity contribution in [1.82, 2.24) is 14.5 Å². The van der Waals surface area contributed by atoms with Gasteiger partial charge in [-0.3, -0.25) is 15.0 Å². The van der Waals surface area contributed by atoms with Gasteiger partial charge in [0, 0.05) is 31.9 Å². The quantitative estimate of drug-likeness (QED) is 0.718. The molecule has 2 aromatic carbocycles. The van der Waals surface area contributed by atoms with Gasteiger partial charge in [-0.05, 0) is 56.5 Å². The number of hydrogen-bond donors (Lipinski definition) is 2. The highest BCUT2D eigenvalue weighted by Crippen LogP contribution is 2.22. The Labute approximate surface area is 189 Å². The number of carbonyl (C=O) groups is 2. The molecule has 0 aromatic heterocycles. The van der Waals surface area contributed by atoms with Crippen LogP contribution >= 0.6 is 0 Å². The van der Waals surface area contributed by atoms with Crippen molar-refractivity contribution in [2.45, 2.75) is 32.6 Å². The van der Waals surface area contributed by atoms with Crippen molar-refractivity contribution >= 4 is 27.6 Å². The first kappa shape index (κ1) is 23.9. The summed E-state index contributed by atoms with van der Waals surface area (Å²) in [6, 6.07) is 10.4. The zero-order chi connectivity index (χ0) is 23.5. The van der Waals surface area contributed by atoms with Gasteiger partial charge in [0.15, 0.2) is 0 Å². The van der Waals surface area contributed by atoms with Crippen LogP contribution < -0.4 is 10.6 Å². The fourth-order valence-corrected chi connectivity index (χ4v) is 5.46. The van der Waals surface area contributed by atoms with E-state index >= 15 is 0 Å². The van der Waals surface area contributed by atoms with E-state index in [1.165, 1.54) is 4.31 Å². The molecule has 32 heavy (non-hydrogen) atoms. The van der Waals surface area contributed by atoms with Crippen LogP contribution in [0.15, 0.2) is 41.3 Å². The highest BCUT2D eigenvalue weighted by molar-refractivity contribution is 7.89. The van der Waals surface area contributed by atoms with E-state index in [4.69, 9.17) is 0 Å². The summed E-state index contributed by atoms with van der Waals surface area (Å²) in [7, 11) is -3.59. The van der Waals surface area contributed by atoms with Crippen LogP contribution in [0.3, 0.4) is 0 Å². The van der Waals surface area contributed by atoms with Crippen molar-refractivity contribution in [3.05, 3.63) is 58.7 Å². The molecule has 3 amide bonds. The second-order valence-corrected chi connectivity index (χ2v) is 10.2. The Balaban J connectivity index is 1.51. The van der Waals surface area contributed by atoms with E-state index in [0.717, 1.165) is 16.7 Å². The average molecular weight is 459 g/mol. The number of urea groups is 1. The van der Waals surface area contributed by atoms with Crippen LogP contribution in [0.2, 0.25) is 0 Å². The maximum Gasteiger partial charge on any atom is 0.325 e. The normalized spacial score (nSPS) is 15.4. The average Bonchev–Trinajstić information content (AvgIpc) is 2.72. The number of aryl methyl sites for hydroxylation is 4. The largest absolute Gasteiger partial charge is 0.325 e. The fourth-order valence-electron chi connectivity index (χ4n) is 3.73. The van der Waals surface area contributed by atoms with E-state index in [2.05, 4.69) is 10.6 Å². The van der Waals surface area contributed by atoms with Crippen molar-refractivity contribution < 1.29 is 18.0 Å². The van der Waals surface area contributed by atoms with Gasteiger partial charge in [0.25, 0.3) is 0 Å². The van der Waals surface area contributed by atoms with Gasteiger partial charge in [0.1, 0.15) is 0 Å². The molecule has 1 heterocycles. The number of benzene rings is 2. The summed E-state index contributed by atoms with van der Waals surface area (Å²) in [6.07, 6.45) is 0. The van der Waals surface area contributed by atoms with Crippen LogP contribution in [0.25, 0.3) is 0 Å². The van der Waals surface area contributed by atoms with Gasteiger partial charge in [-0.25, -0.2) is 13.2 Å². The second kappa shape index (κ2) is 9.81. The molecule has 172 valence electrons. The minimum atomic E-state index is -3.59. The number of piperazine rings is 1. The Bertz CT molecular complexity index is 1120. The van der Waals surface area contributed by atoms with E-state index in [1.54, 1.807) is 19.1 Å². The van der Waals surface area contributed by atoms with Crippen molar-refractivity contribution in [2.24, 2.45) is 0 Å². The van der Waals surface area contributed by atoms with Crippen LogP contribution in [0.4, 0.5) is 10.5 Å². The molecular formula is C23H30N4O4S. The molecule has 0 bridgehead atoms. The van der Waals surface area contributed by atoms with Crippen molar-refractivity contribution in [2.75, 3.05) is 38.0 Å². The molecule has 3 rings (SSSR count). The van der Waals surface area contributed by atoms with Gasteiger partial charge in [-0.15, -0.1) is 0 Å². The highest BCUT2D eigenvalue weighted by Gasteiger charge is 2.30. The number of nitrogens with one attached hydrogen (secondary N) is 2. The standard InChI is InChI=1S/C23H30N4O4S/c1-16-6-8-20(19(4)13-16)24-23(29)25-22(28)15-26-9-11-27(12-10-26)32(30,31)21-14-17(2)5-7-18(21)3/h5-8,13-14H,9-12,15H2,1-4H3,(H2,24,25,28,29). The molecule has 0 atom stereocenters. The summed E-state index contributed by atoms with van der Waals surface area (Å²) in [5.41, 5.74) is 4.25. The summed E-state index contributed by atoms with van der Waals surface area (Å²) >= 11 is 0. The van der Waals surface area contributed by atoms with E-state index < -0.39 is 22.0 Å². The molecule has 0 aliphatic carbocycles. The predicted molar refractivity (Wildman–Crippen MR) is 124 cm³/mol. The van der Waals surface area contributed by atoms with Gasteiger partial charge in [0.05, 0.1) is 11.4 Å². The minimum absolute atomic E-state index is 0.0255. The van der Waals surface area contributed by atoms with Crippen molar-refractivity contribution in [3.63, 3.8) is 0 Å². The lowest BCUT2D eigenvalue weighted by molar-refractivity contribution is -0.121. The first-order chi connectivity index (χ1) is 15.1. The Morgan fingerprint density at radius 3 is 2.16 bits per heavy atom. The van der Waals surface area contributed by atoms with Crippen LogP contribution in [-0.4, -0.2) is 62.3 Å². The van der Waals surface area contributed by atoms with Gasteiger partial charge in [0.2, 0.25) is 15.9 Å². The molecule has 0 unspecified atom stereocenters. The van der Waals surface area contributed by atoms with Crippen LogP contribution in [0.1, 0.15) is 22.3 Å². The molecule has 9 heteroatoms. The summed E-state index contributed by atoms with van der Waals surface area (Å²) in [5.74, 6) is -0.432. The number of anilines is 1. The summed E-state index contributed by atoms with van der Waals surface area (Å²) in [6.45, 7) is 8.94. The van der Waals surface area contributed by atoms with Gasteiger partial charge >= 0.3 is 6.03 Å². The SMILES string of the molecule is Cc1ccc(NC(=O)NC(=O)CN2CCN(S(=O)(=O)c3cc(C)ccc3C)CC2)c(C)c1. The number of amides is 3. The molecule has 1 saturated heterocycles. The second-order valence-electron chi connectivity index (χ2n) is 8.27. The Morgan fingerprint density at radius 2 is 1.50 bits per heavy atom. The van der Waals surface area contributed by atoms with Crippen LogP contribution in [0.5, 0.6) is 0 Å². The van der Waals surface area contributed by atoms with Gasteiger partial charge in [-0.1, -0.05) is 29.8 Å². The van der Waals surface area contributed by atoms with E-state index in [1.807, 2.05) is 49.9 Å². The first-order valence-corrected chi connectivity index (χ1v) is 12.0. The number of imide groups is 1. The first-order valence-electron chi connectivity index (χ1n) is 10.5. The number of nitrogens with zero attached hydrogens (tertiary/aromatic N) is 2. The van der Waals surface area contributed by atoms with Crippen LogP contribution in [-0.2, 0) is 14.8 Å². The lowest BCUT2D eigenvalue weighted by Crippen LogP contribution is -2.51. The third kappa shape index (κ3) is 5.73.